The third kappa shape index (κ3) is 3.62. The van der Waals surface area contributed by atoms with Crippen molar-refractivity contribution in [2.45, 2.75) is 6.92 Å². The number of aryl methyl sites for hydroxylation is 1. The lowest BCUT2D eigenvalue weighted by Crippen LogP contribution is -2.10. The van der Waals surface area contributed by atoms with Crippen molar-refractivity contribution in [3.8, 4) is 16.2 Å². The van der Waals surface area contributed by atoms with Crippen LogP contribution in [0.5, 0.6) is 5.75 Å². The summed E-state index contributed by atoms with van der Waals surface area (Å²) in [5.74, 6) is 0.692. The van der Waals surface area contributed by atoms with Gasteiger partial charge in [-0.05, 0) is 36.8 Å². The minimum atomic E-state index is 0.161. The van der Waals surface area contributed by atoms with Crippen molar-refractivity contribution in [1.82, 2.24) is 4.98 Å². The van der Waals surface area contributed by atoms with Crippen LogP contribution in [-0.2, 0) is 0 Å². The van der Waals surface area contributed by atoms with E-state index < -0.39 is 0 Å². The average Bonchev–Trinajstić information content (AvgIpc) is 2.87. The molecule has 0 atom stereocenters. The molecule has 19 heavy (non-hydrogen) atoms. The Bertz CT molecular complexity index is 563. The molecule has 1 aromatic heterocycles. The number of hydrogen-bond donors (Lipinski definition) is 1. The molecule has 0 aliphatic rings. The number of aromatic nitrogens is 1. The molecule has 1 aromatic carbocycles. The number of nitrogens with two attached hydrogens (primary N) is 1. The number of halogens is 1. The van der Waals surface area contributed by atoms with Gasteiger partial charge in [0.25, 0.3) is 0 Å². The molecular weight excluding hydrogens is 263 g/mol. The Morgan fingerprint density at radius 2 is 2.16 bits per heavy atom. The number of hydrogen-bond acceptors (Lipinski definition) is 4. The predicted molar refractivity (Wildman–Crippen MR) is 76.0 cm³/mol. The molecule has 3 nitrogen and oxygen atoms in total. The van der Waals surface area contributed by atoms with Crippen molar-refractivity contribution in [3.05, 3.63) is 47.4 Å². The Hall–Kier alpha value is -1.72. The summed E-state index contributed by atoms with van der Waals surface area (Å²) < 4.78 is 17.8. The fourth-order valence-electron chi connectivity index (χ4n) is 1.52. The smallest absolute Gasteiger partial charge is 0.119 e. The van der Waals surface area contributed by atoms with E-state index in [-0.39, 0.29) is 13.2 Å². The third-order valence-corrected chi connectivity index (χ3v) is 3.56. The van der Waals surface area contributed by atoms with E-state index in [1.807, 2.05) is 37.4 Å². The molecule has 0 saturated carbocycles. The molecule has 1 heterocycles. The van der Waals surface area contributed by atoms with Gasteiger partial charge in [0, 0.05) is 18.3 Å². The van der Waals surface area contributed by atoms with E-state index in [9.17, 15) is 4.39 Å². The van der Waals surface area contributed by atoms with Crippen LogP contribution in [0.15, 0.2) is 42.4 Å². The second-order valence-corrected chi connectivity index (χ2v) is 5.26. The van der Waals surface area contributed by atoms with Gasteiger partial charge in [0.1, 0.15) is 12.4 Å². The van der Waals surface area contributed by atoms with Crippen LogP contribution in [0.2, 0.25) is 0 Å². The van der Waals surface area contributed by atoms with Gasteiger partial charge in [-0.25, -0.2) is 9.37 Å². The molecule has 0 bridgehead atoms. The number of nitrogens with zero attached hydrogens (tertiary/aromatic N) is 1. The highest BCUT2D eigenvalue weighted by Gasteiger charge is 2.03. The van der Waals surface area contributed by atoms with E-state index in [4.69, 9.17) is 10.5 Å². The summed E-state index contributed by atoms with van der Waals surface area (Å²) >= 11 is 1.65. The Balaban J connectivity index is 2.02. The fraction of sp³-hybridized carbons (Fsp3) is 0.214. The van der Waals surface area contributed by atoms with Crippen LogP contribution >= 0.6 is 11.3 Å². The number of thiazole rings is 1. The summed E-state index contributed by atoms with van der Waals surface area (Å²) in [7, 11) is 0. The van der Waals surface area contributed by atoms with Crippen molar-refractivity contribution in [3.63, 3.8) is 0 Å². The molecule has 2 rings (SSSR count). The molecule has 0 aliphatic carbocycles. The highest BCUT2D eigenvalue weighted by atomic mass is 32.1. The molecule has 2 N–H and O–H groups in total. The molecule has 0 saturated heterocycles. The van der Waals surface area contributed by atoms with Crippen molar-refractivity contribution >= 4 is 11.3 Å². The zero-order valence-corrected chi connectivity index (χ0v) is 11.4. The summed E-state index contributed by atoms with van der Waals surface area (Å²) in [4.78, 5) is 5.34. The fourth-order valence-corrected chi connectivity index (χ4v) is 2.30. The Morgan fingerprint density at radius 1 is 1.42 bits per heavy atom. The van der Waals surface area contributed by atoms with Crippen molar-refractivity contribution < 1.29 is 9.13 Å². The Labute approximate surface area is 115 Å². The number of ether oxygens (including phenoxy) is 1. The van der Waals surface area contributed by atoms with Gasteiger partial charge in [0.05, 0.1) is 16.2 Å². The van der Waals surface area contributed by atoms with E-state index in [1.165, 1.54) is 0 Å². The average molecular weight is 278 g/mol. The lowest BCUT2D eigenvalue weighted by molar-refractivity contribution is 0.347. The summed E-state index contributed by atoms with van der Waals surface area (Å²) in [6.07, 6.45) is 2.35. The first-order valence-corrected chi connectivity index (χ1v) is 6.68. The zero-order valence-electron chi connectivity index (χ0n) is 10.6. The Morgan fingerprint density at radius 3 is 2.68 bits per heavy atom. The van der Waals surface area contributed by atoms with E-state index in [2.05, 4.69) is 4.98 Å². The predicted octanol–water partition coefficient (Wildman–Crippen LogP) is 3.31. The van der Waals surface area contributed by atoms with Crippen LogP contribution in [0.3, 0.4) is 0 Å². The lowest BCUT2D eigenvalue weighted by atomic mass is 10.2. The summed E-state index contributed by atoms with van der Waals surface area (Å²) in [6, 6.07) is 7.64. The molecule has 100 valence electrons. The first kappa shape index (κ1) is 13.7. The highest BCUT2D eigenvalue weighted by Crippen LogP contribution is 2.27. The first-order chi connectivity index (χ1) is 9.22. The van der Waals surface area contributed by atoms with Gasteiger partial charge in [0.2, 0.25) is 0 Å². The van der Waals surface area contributed by atoms with Crippen molar-refractivity contribution in [2.24, 2.45) is 5.73 Å². The largest absolute Gasteiger partial charge is 0.489 e. The zero-order chi connectivity index (χ0) is 13.7. The van der Waals surface area contributed by atoms with Crippen LogP contribution < -0.4 is 10.5 Å². The van der Waals surface area contributed by atoms with Crippen LogP contribution in [0.1, 0.15) is 5.01 Å². The Kier molecular flexibility index (Phi) is 4.65. The maximum absolute atomic E-state index is 12.3. The van der Waals surface area contributed by atoms with Crippen molar-refractivity contribution in [2.75, 3.05) is 13.2 Å². The van der Waals surface area contributed by atoms with Crippen LogP contribution in [0, 0.1) is 6.92 Å². The minimum Gasteiger partial charge on any atom is -0.489 e. The van der Waals surface area contributed by atoms with Gasteiger partial charge in [-0.3, -0.25) is 0 Å². The van der Waals surface area contributed by atoms with Gasteiger partial charge in [-0.2, -0.15) is 0 Å². The summed E-state index contributed by atoms with van der Waals surface area (Å²) in [5.41, 5.74) is 6.88. The molecule has 0 unspecified atom stereocenters. The molecule has 0 radical (unpaired) electrons. The maximum Gasteiger partial charge on any atom is 0.119 e. The molecule has 5 heteroatoms. The molecule has 0 spiro atoms. The van der Waals surface area contributed by atoms with Gasteiger partial charge in [-0.1, -0.05) is 0 Å². The standard InChI is InChI=1S/C14H15FN2OS/c1-10-17-8-14(19-10)12-2-4-13(5-3-12)18-9-11(6-15)7-16/h2-6,8H,7,9,16H2,1H3/b11-6+. The summed E-state index contributed by atoms with van der Waals surface area (Å²) in [5, 5.41) is 1.04. The van der Waals surface area contributed by atoms with Crippen LogP contribution in [0.4, 0.5) is 4.39 Å². The van der Waals surface area contributed by atoms with Crippen molar-refractivity contribution in [1.29, 1.82) is 0 Å². The minimum absolute atomic E-state index is 0.161. The van der Waals surface area contributed by atoms with E-state index >= 15 is 0 Å². The SMILES string of the molecule is Cc1ncc(-c2ccc(OC/C(=C/F)CN)cc2)s1. The highest BCUT2D eigenvalue weighted by molar-refractivity contribution is 7.15. The van der Waals surface area contributed by atoms with Crippen LogP contribution in [0.25, 0.3) is 10.4 Å². The normalized spacial score (nSPS) is 11.6. The number of rotatable bonds is 5. The lowest BCUT2D eigenvalue weighted by Gasteiger charge is -2.07. The monoisotopic (exact) mass is 278 g/mol. The molecule has 0 aliphatic heterocycles. The second kappa shape index (κ2) is 6.45. The molecule has 0 fully saturated rings. The summed E-state index contributed by atoms with van der Waals surface area (Å²) in [6.45, 7) is 2.31. The van der Waals surface area contributed by atoms with Gasteiger partial charge in [0.15, 0.2) is 0 Å². The number of benzene rings is 1. The molecule has 0 amide bonds. The van der Waals surface area contributed by atoms with Gasteiger partial charge >= 0.3 is 0 Å². The maximum atomic E-state index is 12.3. The molecule has 2 aromatic rings. The van der Waals surface area contributed by atoms with E-state index in [1.54, 1.807) is 11.3 Å². The topological polar surface area (TPSA) is 48.1 Å². The second-order valence-electron chi connectivity index (χ2n) is 4.03. The first-order valence-electron chi connectivity index (χ1n) is 5.87. The molecular formula is C14H15FN2OS. The van der Waals surface area contributed by atoms with E-state index in [0.717, 1.165) is 15.4 Å². The van der Waals surface area contributed by atoms with Gasteiger partial charge < -0.3 is 10.5 Å². The van der Waals surface area contributed by atoms with Gasteiger partial charge in [-0.15, -0.1) is 11.3 Å². The quantitative estimate of drug-likeness (QED) is 0.912. The third-order valence-electron chi connectivity index (χ3n) is 2.60. The van der Waals surface area contributed by atoms with Crippen LogP contribution in [-0.4, -0.2) is 18.1 Å². The van der Waals surface area contributed by atoms with E-state index in [0.29, 0.717) is 17.7 Å².